The van der Waals surface area contributed by atoms with Crippen LogP contribution in [0.4, 0.5) is 0 Å². The molecule has 0 saturated carbocycles. The predicted octanol–water partition coefficient (Wildman–Crippen LogP) is -0.0591. The van der Waals surface area contributed by atoms with Crippen LogP contribution in [-0.4, -0.2) is 87.8 Å². The van der Waals surface area contributed by atoms with Crippen LogP contribution in [0.2, 0.25) is 0 Å². The summed E-state index contributed by atoms with van der Waals surface area (Å²) in [5.74, 6) is -2.81. The third-order valence-electron chi connectivity index (χ3n) is 3.21. The second-order valence-electron chi connectivity index (χ2n) is 6.36. The Morgan fingerprint density at radius 3 is 1.16 bits per heavy atom. The van der Waals surface area contributed by atoms with Crippen LogP contribution in [0.1, 0.15) is 34.6 Å². The van der Waals surface area contributed by atoms with E-state index in [-0.39, 0.29) is 39.6 Å². The van der Waals surface area contributed by atoms with Gasteiger partial charge in [0.1, 0.15) is 38.6 Å². The smallest absolute Gasteiger partial charge is 0.303 e. The van der Waals surface area contributed by atoms with Crippen LogP contribution in [0, 0.1) is 0 Å². The molecule has 31 heavy (non-hydrogen) atoms. The van der Waals surface area contributed by atoms with E-state index in [2.05, 4.69) is 0 Å². The van der Waals surface area contributed by atoms with E-state index < -0.39 is 48.2 Å². The van der Waals surface area contributed by atoms with E-state index in [1.165, 1.54) is 34.6 Å². The van der Waals surface area contributed by atoms with Crippen molar-refractivity contribution in [2.45, 2.75) is 52.9 Å². The van der Waals surface area contributed by atoms with Gasteiger partial charge < -0.3 is 33.2 Å². The molecule has 178 valence electrons. The molecular formula is C19H30O12. The molecular weight excluding hydrogens is 420 g/mol. The molecule has 0 radical (unpaired) electrons. The lowest BCUT2D eigenvalue weighted by Crippen LogP contribution is -2.38. The number of ether oxygens (including phenoxy) is 7. The van der Waals surface area contributed by atoms with Gasteiger partial charge in [0.2, 0.25) is 0 Å². The summed E-state index contributed by atoms with van der Waals surface area (Å²) in [6, 6.07) is 0. The number of hydrogen-bond donors (Lipinski definition) is 0. The Bertz CT molecular complexity index is 585. The van der Waals surface area contributed by atoms with Crippen molar-refractivity contribution in [2.24, 2.45) is 0 Å². The fourth-order valence-electron chi connectivity index (χ4n) is 2.05. The van der Waals surface area contributed by atoms with E-state index in [0.29, 0.717) is 0 Å². The van der Waals surface area contributed by atoms with Crippen molar-refractivity contribution in [2.75, 3.05) is 39.6 Å². The summed E-state index contributed by atoms with van der Waals surface area (Å²) in [6.07, 6.45) is -2.53. The summed E-state index contributed by atoms with van der Waals surface area (Å²) < 4.78 is 35.7. The lowest BCUT2D eigenvalue weighted by molar-refractivity contribution is -0.170. The van der Waals surface area contributed by atoms with Gasteiger partial charge in [-0.2, -0.15) is 0 Å². The quantitative estimate of drug-likeness (QED) is 0.243. The first-order chi connectivity index (χ1) is 14.5. The third-order valence-corrected chi connectivity index (χ3v) is 3.21. The Morgan fingerprint density at radius 1 is 0.484 bits per heavy atom. The van der Waals surface area contributed by atoms with Crippen molar-refractivity contribution in [3.63, 3.8) is 0 Å². The Labute approximate surface area is 180 Å². The van der Waals surface area contributed by atoms with Gasteiger partial charge in [0.15, 0.2) is 6.10 Å². The van der Waals surface area contributed by atoms with Gasteiger partial charge in [-0.25, -0.2) is 0 Å². The molecule has 0 aliphatic rings. The highest BCUT2D eigenvalue weighted by Gasteiger charge is 2.22. The molecule has 0 heterocycles. The van der Waals surface area contributed by atoms with E-state index in [1.807, 2.05) is 0 Å². The molecule has 12 nitrogen and oxygen atoms in total. The van der Waals surface area contributed by atoms with E-state index in [1.54, 1.807) is 0 Å². The second kappa shape index (κ2) is 16.0. The van der Waals surface area contributed by atoms with E-state index in [4.69, 9.17) is 33.2 Å². The van der Waals surface area contributed by atoms with Crippen molar-refractivity contribution in [1.82, 2.24) is 0 Å². The molecule has 0 aliphatic carbocycles. The van der Waals surface area contributed by atoms with Gasteiger partial charge in [-0.3, -0.25) is 24.0 Å². The first-order valence-corrected chi connectivity index (χ1v) is 9.43. The summed E-state index contributed by atoms with van der Waals surface area (Å²) in [7, 11) is 0. The highest BCUT2D eigenvalue weighted by molar-refractivity contribution is 5.67. The summed E-state index contributed by atoms with van der Waals surface area (Å²) in [5.41, 5.74) is 0. The second-order valence-corrected chi connectivity index (χ2v) is 6.36. The Balaban J connectivity index is 4.94. The molecule has 0 amide bonds. The van der Waals surface area contributed by atoms with E-state index in [9.17, 15) is 24.0 Å². The predicted molar refractivity (Wildman–Crippen MR) is 102 cm³/mol. The maximum atomic E-state index is 11.2. The lowest BCUT2D eigenvalue weighted by atomic mass is 10.3. The number of carbonyl (C=O) groups is 5. The number of rotatable bonds is 15. The van der Waals surface area contributed by atoms with Gasteiger partial charge in [0.05, 0.1) is 13.2 Å². The minimum absolute atomic E-state index is 0.123. The monoisotopic (exact) mass is 450 g/mol. The fourth-order valence-corrected chi connectivity index (χ4v) is 2.05. The average Bonchev–Trinajstić information content (AvgIpc) is 2.64. The summed E-state index contributed by atoms with van der Waals surface area (Å²) in [5, 5.41) is 0. The maximum Gasteiger partial charge on any atom is 0.303 e. The van der Waals surface area contributed by atoms with Crippen LogP contribution in [0.15, 0.2) is 0 Å². The first-order valence-electron chi connectivity index (χ1n) is 9.43. The molecule has 12 heteroatoms. The SMILES string of the molecule is CC(=O)OCC(COCC(COC(C)=O)OC(COC(C)=O)COC(C)=O)OC(C)=O. The Morgan fingerprint density at radius 2 is 0.806 bits per heavy atom. The minimum atomic E-state index is -0.853. The Kier molecular flexibility index (Phi) is 14.6. The molecule has 0 fully saturated rings. The van der Waals surface area contributed by atoms with Crippen molar-refractivity contribution in [1.29, 1.82) is 0 Å². The molecule has 0 aliphatic heterocycles. The molecule has 0 spiro atoms. The van der Waals surface area contributed by atoms with Crippen LogP contribution < -0.4 is 0 Å². The van der Waals surface area contributed by atoms with Crippen LogP contribution in [0.3, 0.4) is 0 Å². The largest absolute Gasteiger partial charge is 0.463 e. The molecule has 0 N–H and O–H groups in total. The zero-order chi connectivity index (χ0) is 23.8. The molecule has 0 saturated heterocycles. The minimum Gasteiger partial charge on any atom is -0.463 e. The molecule has 2 atom stereocenters. The van der Waals surface area contributed by atoms with Gasteiger partial charge in [0.25, 0.3) is 0 Å². The zero-order valence-electron chi connectivity index (χ0n) is 18.4. The molecule has 0 rings (SSSR count). The van der Waals surface area contributed by atoms with Crippen LogP contribution in [0.5, 0.6) is 0 Å². The highest BCUT2D eigenvalue weighted by atomic mass is 16.6. The van der Waals surface area contributed by atoms with Gasteiger partial charge >= 0.3 is 29.8 Å². The average molecular weight is 450 g/mol. The summed E-state index contributed by atoms with van der Waals surface area (Å²) >= 11 is 0. The summed E-state index contributed by atoms with van der Waals surface area (Å²) in [6.45, 7) is 4.96. The van der Waals surface area contributed by atoms with Crippen LogP contribution >= 0.6 is 0 Å². The fraction of sp³-hybridized carbons (Fsp3) is 0.737. The molecule has 0 aromatic heterocycles. The van der Waals surface area contributed by atoms with Gasteiger partial charge in [0, 0.05) is 34.6 Å². The van der Waals surface area contributed by atoms with E-state index >= 15 is 0 Å². The molecule has 0 aromatic carbocycles. The normalized spacial score (nSPS) is 12.5. The Hall–Kier alpha value is -2.73. The van der Waals surface area contributed by atoms with Crippen molar-refractivity contribution in [3.8, 4) is 0 Å². The van der Waals surface area contributed by atoms with Gasteiger partial charge in [-0.1, -0.05) is 0 Å². The highest BCUT2D eigenvalue weighted by Crippen LogP contribution is 2.06. The maximum absolute atomic E-state index is 11.2. The number of hydrogen-bond acceptors (Lipinski definition) is 12. The number of esters is 5. The van der Waals surface area contributed by atoms with Gasteiger partial charge in [-0.15, -0.1) is 0 Å². The summed E-state index contributed by atoms with van der Waals surface area (Å²) in [4.78, 5) is 55.5. The topological polar surface area (TPSA) is 150 Å². The molecule has 2 unspecified atom stereocenters. The zero-order valence-corrected chi connectivity index (χ0v) is 18.4. The van der Waals surface area contributed by atoms with Crippen molar-refractivity contribution >= 4 is 29.8 Å². The number of carbonyl (C=O) groups excluding carboxylic acids is 5. The lowest BCUT2D eigenvalue weighted by Gasteiger charge is -2.25. The van der Waals surface area contributed by atoms with Crippen LogP contribution in [0.25, 0.3) is 0 Å². The first kappa shape index (κ1) is 28.3. The van der Waals surface area contributed by atoms with Crippen molar-refractivity contribution < 1.29 is 57.1 Å². The van der Waals surface area contributed by atoms with Gasteiger partial charge in [-0.05, 0) is 0 Å². The molecule has 0 aromatic rings. The van der Waals surface area contributed by atoms with E-state index in [0.717, 1.165) is 0 Å². The van der Waals surface area contributed by atoms with Crippen molar-refractivity contribution in [3.05, 3.63) is 0 Å². The standard InChI is InChI=1S/C19H30O12/c1-12(20)26-8-17(30-16(5)24)6-25-7-18(9-27-13(2)21)31-19(10-28-14(3)22)11-29-15(4)23/h17-19H,6-11H2,1-5H3. The van der Waals surface area contributed by atoms with Crippen LogP contribution in [-0.2, 0) is 57.1 Å². The molecule has 0 bridgehead atoms. The third kappa shape index (κ3) is 17.8.